The average Bonchev–Trinajstić information content (AvgIpc) is 3.55. The highest BCUT2D eigenvalue weighted by Gasteiger charge is 2.46. The van der Waals surface area contributed by atoms with Crippen molar-refractivity contribution in [2.24, 2.45) is 0 Å². The molecular formula is C22H23ClN4O2. The lowest BCUT2D eigenvalue weighted by Gasteiger charge is -2.48. The Bertz CT molecular complexity index is 937. The summed E-state index contributed by atoms with van der Waals surface area (Å²) in [6, 6.07) is 10.0. The summed E-state index contributed by atoms with van der Waals surface area (Å²) in [5.41, 5.74) is 1.17. The molecule has 4 rings (SSSR count). The van der Waals surface area contributed by atoms with E-state index >= 15 is 0 Å². The third-order valence-electron chi connectivity index (χ3n) is 5.70. The van der Waals surface area contributed by atoms with Gasteiger partial charge in [-0.3, -0.25) is 9.59 Å². The molecule has 1 aromatic carbocycles. The molecule has 0 radical (unpaired) electrons. The Labute approximate surface area is 174 Å². The highest BCUT2D eigenvalue weighted by atomic mass is 35.5. The highest BCUT2D eigenvalue weighted by Crippen LogP contribution is 2.44. The van der Waals surface area contributed by atoms with Gasteiger partial charge in [0.2, 0.25) is 5.91 Å². The van der Waals surface area contributed by atoms with Crippen LogP contribution in [-0.4, -0.2) is 34.4 Å². The van der Waals surface area contributed by atoms with Gasteiger partial charge in [-0.2, -0.15) is 0 Å². The maximum absolute atomic E-state index is 12.8. The fourth-order valence-electron chi connectivity index (χ4n) is 3.92. The zero-order valence-corrected chi connectivity index (χ0v) is 16.8. The van der Waals surface area contributed by atoms with Crippen molar-refractivity contribution in [2.45, 2.75) is 43.1 Å². The predicted octanol–water partition coefficient (Wildman–Crippen LogP) is 3.14. The number of hydrogen-bond donors (Lipinski definition) is 2. The van der Waals surface area contributed by atoms with E-state index in [0.717, 1.165) is 31.2 Å². The molecule has 2 amide bonds. The van der Waals surface area contributed by atoms with E-state index in [2.05, 4.69) is 39.3 Å². The number of carbonyl (C=O) groups excluding carboxylic acids is 2. The van der Waals surface area contributed by atoms with Crippen LogP contribution in [0, 0.1) is 0 Å². The van der Waals surface area contributed by atoms with E-state index in [1.54, 1.807) is 0 Å². The second-order valence-corrected chi connectivity index (χ2v) is 8.25. The fourth-order valence-corrected chi connectivity index (χ4v) is 4.10. The SMILES string of the molecule is C=CC(=O)NCC1(c2ccccc2)CC(NC(=O)c2nc(C3CC3)ncc2Cl)C1. The molecule has 2 aliphatic carbocycles. The summed E-state index contributed by atoms with van der Waals surface area (Å²) >= 11 is 6.17. The second kappa shape index (κ2) is 7.95. The average molecular weight is 411 g/mol. The third-order valence-corrected chi connectivity index (χ3v) is 5.98. The number of nitrogens with zero attached hydrogens (tertiary/aromatic N) is 2. The summed E-state index contributed by atoms with van der Waals surface area (Å²) in [6.45, 7) is 4.00. The number of rotatable bonds is 7. The van der Waals surface area contributed by atoms with Crippen molar-refractivity contribution in [3.8, 4) is 0 Å². The van der Waals surface area contributed by atoms with Gasteiger partial charge in [-0.1, -0.05) is 48.5 Å². The molecule has 1 aromatic heterocycles. The fraction of sp³-hybridized carbons (Fsp3) is 0.364. The van der Waals surface area contributed by atoms with Crippen molar-refractivity contribution in [2.75, 3.05) is 6.54 Å². The van der Waals surface area contributed by atoms with Gasteiger partial charge >= 0.3 is 0 Å². The van der Waals surface area contributed by atoms with Crippen molar-refractivity contribution in [1.29, 1.82) is 0 Å². The monoisotopic (exact) mass is 410 g/mol. The first-order chi connectivity index (χ1) is 14.0. The number of aromatic nitrogens is 2. The molecule has 29 heavy (non-hydrogen) atoms. The molecule has 0 atom stereocenters. The molecule has 1 heterocycles. The lowest BCUT2D eigenvalue weighted by Crippen LogP contribution is -2.57. The van der Waals surface area contributed by atoms with E-state index in [0.29, 0.717) is 18.3 Å². The minimum Gasteiger partial charge on any atom is -0.352 e. The molecule has 0 bridgehead atoms. The predicted molar refractivity (Wildman–Crippen MR) is 111 cm³/mol. The first kappa shape index (κ1) is 19.6. The van der Waals surface area contributed by atoms with Crippen LogP contribution in [0.3, 0.4) is 0 Å². The Balaban J connectivity index is 1.45. The van der Waals surface area contributed by atoms with E-state index in [9.17, 15) is 9.59 Å². The topological polar surface area (TPSA) is 84.0 Å². The van der Waals surface area contributed by atoms with Gasteiger partial charge in [-0.25, -0.2) is 9.97 Å². The van der Waals surface area contributed by atoms with Crippen molar-refractivity contribution in [1.82, 2.24) is 20.6 Å². The second-order valence-electron chi connectivity index (χ2n) is 7.85. The molecule has 0 spiro atoms. The van der Waals surface area contributed by atoms with Crippen molar-refractivity contribution in [3.63, 3.8) is 0 Å². The van der Waals surface area contributed by atoms with Gasteiger partial charge in [0.1, 0.15) is 11.5 Å². The number of halogens is 1. The minimum atomic E-state index is -0.277. The molecular weight excluding hydrogens is 388 g/mol. The zero-order valence-electron chi connectivity index (χ0n) is 16.0. The number of hydrogen-bond acceptors (Lipinski definition) is 4. The largest absolute Gasteiger partial charge is 0.352 e. The van der Waals surface area contributed by atoms with Crippen LogP contribution < -0.4 is 10.6 Å². The lowest BCUT2D eigenvalue weighted by atomic mass is 9.61. The molecule has 2 fully saturated rings. The molecule has 2 aromatic rings. The van der Waals surface area contributed by atoms with Gasteiger partial charge in [0.05, 0.1) is 11.2 Å². The molecule has 0 saturated heterocycles. The van der Waals surface area contributed by atoms with E-state index in [-0.39, 0.29) is 34.0 Å². The van der Waals surface area contributed by atoms with E-state index < -0.39 is 0 Å². The van der Waals surface area contributed by atoms with Gasteiger partial charge < -0.3 is 10.6 Å². The Morgan fingerprint density at radius 3 is 2.62 bits per heavy atom. The van der Waals surface area contributed by atoms with E-state index in [4.69, 9.17) is 11.6 Å². The quantitative estimate of drug-likeness (QED) is 0.687. The van der Waals surface area contributed by atoms with Gasteiger partial charge in [0.15, 0.2) is 0 Å². The molecule has 6 nitrogen and oxygen atoms in total. The Kier molecular flexibility index (Phi) is 5.37. The summed E-state index contributed by atoms with van der Waals surface area (Å²) in [5, 5.41) is 6.21. The molecule has 2 saturated carbocycles. The van der Waals surface area contributed by atoms with Crippen molar-refractivity contribution >= 4 is 23.4 Å². The van der Waals surface area contributed by atoms with Crippen LogP contribution >= 0.6 is 11.6 Å². The lowest BCUT2D eigenvalue weighted by molar-refractivity contribution is -0.117. The Morgan fingerprint density at radius 1 is 1.24 bits per heavy atom. The van der Waals surface area contributed by atoms with Crippen LogP contribution in [0.4, 0.5) is 0 Å². The zero-order chi connectivity index (χ0) is 20.4. The smallest absolute Gasteiger partial charge is 0.271 e. The van der Waals surface area contributed by atoms with E-state index in [1.807, 2.05) is 18.2 Å². The Morgan fingerprint density at radius 2 is 1.97 bits per heavy atom. The number of carbonyl (C=O) groups is 2. The number of benzene rings is 1. The number of amides is 2. The van der Waals surface area contributed by atoms with Crippen LogP contribution in [0.15, 0.2) is 49.2 Å². The van der Waals surface area contributed by atoms with Crippen molar-refractivity contribution < 1.29 is 9.59 Å². The van der Waals surface area contributed by atoms with Crippen LogP contribution in [-0.2, 0) is 10.2 Å². The molecule has 0 aliphatic heterocycles. The third kappa shape index (κ3) is 4.17. The minimum absolute atomic E-state index is 0.0150. The number of nitrogens with one attached hydrogen (secondary N) is 2. The standard InChI is InChI=1S/C22H23ClN4O2/c1-2-18(28)25-13-22(15-6-4-3-5-7-15)10-16(11-22)26-21(29)19-17(23)12-24-20(27-19)14-8-9-14/h2-7,12,14,16H,1,8-11,13H2,(H,25,28)(H,26,29). The van der Waals surface area contributed by atoms with Crippen LogP contribution in [0.5, 0.6) is 0 Å². The molecule has 2 N–H and O–H groups in total. The van der Waals surface area contributed by atoms with E-state index in [1.165, 1.54) is 12.3 Å². The summed E-state index contributed by atoms with van der Waals surface area (Å²) in [5.74, 6) is 0.565. The summed E-state index contributed by atoms with van der Waals surface area (Å²) in [4.78, 5) is 33.1. The molecule has 7 heteroatoms. The highest BCUT2D eigenvalue weighted by molar-refractivity contribution is 6.33. The molecule has 150 valence electrons. The normalized spacial score (nSPS) is 23.0. The first-order valence-corrected chi connectivity index (χ1v) is 10.2. The summed E-state index contributed by atoms with van der Waals surface area (Å²) in [7, 11) is 0. The maximum Gasteiger partial charge on any atom is 0.271 e. The van der Waals surface area contributed by atoms with Gasteiger partial charge in [-0.05, 0) is 37.3 Å². The summed E-state index contributed by atoms with van der Waals surface area (Å²) < 4.78 is 0. The van der Waals surface area contributed by atoms with Gasteiger partial charge in [0.25, 0.3) is 5.91 Å². The molecule has 0 unspecified atom stereocenters. The molecule has 2 aliphatic rings. The first-order valence-electron chi connectivity index (χ1n) is 9.80. The van der Waals surface area contributed by atoms with Crippen LogP contribution in [0.1, 0.15) is 53.5 Å². The van der Waals surface area contributed by atoms with Crippen molar-refractivity contribution in [3.05, 3.63) is 71.3 Å². The van der Waals surface area contributed by atoms with Crippen LogP contribution in [0.2, 0.25) is 5.02 Å². The van der Waals surface area contributed by atoms with Crippen LogP contribution in [0.25, 0.3) is 0 Å². The maximum atomic E-state index is 12.8. The van der Waals surface area contributed by atoms with Gasteiger partial charge in [0, 0.05) is 23.9 Å². The van der Waals surface area contributed by atoms with Gasteiger partial charge in [-0.15, -0.1) is 0 Å². The summed E-state index contributed by atoms with van der Waals surface area (Å²) in [6.07, 6.45) is 6.33. The Hall–Kier alpha value is -2.73.